The third-order valence-corrected chi connectivity index (χ3v) is 3.61. The highest BCUT2D eigenvalue weighted by Crippen LogP contribution is 2.18. The molecule has 1 aromatic carbocycles. The minimum Gasteiger partial charge on any atom is -0.491 e. The van der Waals surface area contributed by atoms with Gasteiger partial charge >= 0.3 is 0 Å². The van der Waals surface area contributed by atoms with Crippen molar-refractivity contribution in [3.05, 3.63) is 24.3 Å². The molecule has 1 aromatic rings. The van der Waals surface area contributed by atoms with Crippen LogP contribution in [0.3, 0.4) is 0 Å². The lowest BCUT2D eigenvalue weighted by atomic mass is 10.2. The van der Waals surface area contributed by atoms with Crippen molar-refractivity contribution in [1.29, 1.82) is 0 Å². The van der Waals surface area contributed by atoms with Crippen LogP contribution in [0.5, 0.6) is 5.75 Å². The Bertz CT molecular complexity index is 447. The first kappa shape index (κ1) is 18.7. The van der Waals surface area contributed by atoms with Crippen molar-refractivity contribution < 1.29 is 14.6 Å². The SMILES string of the molecule is CC(=O)Nc1ccc(OCC(O)CNC2CCCC2)cc1.Cl. The minimum atomic E-state index is -0.513. The summed E-state index contributed by atoms with van der Waals surface area (Å²) < 4.78 is 5.54. The molecule has 1 unspecified atom stereocenters. The first-order valence-electron chi connectivity index (χ1n) is 7.55. The molecule has 0 spiro atoms. The number of benzene rings is 1. The first-order chi connectivity index (χ1) is 10.1. The fourth-order valence-electron chi connectivity index (χ4n) is 2.52. The topological polar surface area (TPSA) is 70.6 Å². The molecular formula is C16H25ClN2O3. The van der Waals surface area contributed by atoms with Gasteiger partial charge in [0.15, 0.2) is 0 Å². The molecule has 3 N–H and O–H groups in total. The van der Waals surface area contributed by atoms with E-state index in [1.807, 2.05) is 0 Å². The van der Waals surface area contributed by atoms with Gasteiger partial charge in [-0.05, 0) is 37.1 Å². The molecule has 0 bridgehead atoms. The maximum absolute atomic E-state index is 10.9. The number of hydrogen-bond donors (Lipinski definition) is 3. The van der Waals surface area contributed by atoms with Gasteiger partial charge in [-0.25, -0.2) is 0 Å². The standard InChI is InChI=1S/C16H24N2O3.ClH/c1-12(19)18-14-6-8-16(9-7-14)21-11-15(20)10-17-13-4-2-3-5-13;/h6-9,13,15,17,20H,2-5,10-11H2,1H3,(H,18,19);1H. The Morgan fingerprint density at radius 1 is 1.32 bits per heavy atom. The summed E-state index contributed by atoms with van der Waals surface area (Å²) in [6.45, 7) is 2.30. The molecule has 0 aliphatic heterocycles. The van der Waals surface area contributed by atoms with Crippen LogP contribution in [0.4, 0.5) is 5.69 Å². The smallest absolute Gasteiger partial charge is 0.221 e. The minimum absolute atomic E-state index is 0. The molecule has 6 heteroatoms. The highest BCUT2D eigenvalue weighted by atomic mass is 35.5. The number of hydrogen-bond acceptors (Lipinski definition) is 4. The summed E-state index contributed by atoms with van der Waals surface area (Å²) >= 11 is 0. The van der Waals surface area contributed by atoms with Gasteiger partial charge in [-0.2, -0.15) is 0 Å². The number of carbonyl (C=O) groups is 1. The number of aliphatic hydroxyl groups is 1. The summed E-state index contributed by atoms with van der Waals surface area (Å²) in [6, 6.07) is 7.67. The quantitative estimate of drug-likeness (QED) is 0.718. The summed E-state index contributed by atoms with van der Waals surface area (Å²) in [6.07, 6.45) is 4.47. The van der Waals surface area contributed by atoms with Crippen LogP contribution in [-0.2, 0) is 4.79 Å². The van der Waals surface area contributed by atoms with E-state index in [0.717, 1.165) is 5.69 Å². The monoisotopic (exact) mass is 328 g/mol. The lowest BCUT2D eigenvalue weighted by molar-refractivity contribution is -0.114. The molecular weight excluding hydrogens is 304 g/mol. The number of rotatable bonds is 7. The number of aliphatic hydroxyl groups excluding tert-OH is 1. The molecule has 1 amide bonds. The molecule has 124 valence electrons. The van der Waals surface area contributed by atoms with Crippen molar-refractivity contribution in [1.82, 2.24) is 5.32 Å². The van der Waals surface area contributed by atoms with Gasteiger partial charge in [0.25, 0.3) is 0 Å². The number of halogens is 1. The Morgan fingerprint density at radius 3 is 2.55 bits per heavy atom. The molecule has 2 rings (SSSR count). The predicted molar refractivity (Wildman–Crippen MR) is 89.8 cm³/mol. The third-order valence-electron chi connectivity index (χ3n) is 3.61. The predicted octanol–water partition coefficient (Wildman–Crippen LogP) is 2.34. The van der Waals surface area contributed by atoms with E-state index in [-0.39, 0.29) is 24.9 Å². The van der Waals surface area contributed by atoms with Crippen LogP contribution >= 0.6 is 12.4 Å². The first-order valence-corrected chi connectivity index (χ1v) is 7.55. The molecule has 1 aliphatic rings. The zero-order valence-corrected chi connectivity index (χ0v) is 13.7. The summed E-state index contributed by atoms with van der Waals surface area (Å²) in [5.74, 6) is 0.584. The highest BCUT2D eigenvalue weighted by molar-refractivity contribution is 5.88. The van der Waals surface area contributed by atoms with Gasteiger partial charge < -0.3 is 20.5 Å². The van der Waals surface area contributed by atoms with E-state index in [1.165, 1.54) is 32.6 Å². The molecule has 22 heavy (non-hydrogen) atoms. The van der Waals surface area contributed by atoms with Gasteiger partial charge in [0.2, 0.25) is 5.91 Å². The van der Waals surface area contributed by atoms with Gasteiger partial charge in [-0.15, -0.1) is 12.4 Å². The van der Waals surface area contributed by atoms with Crippen molar-refractivity contribution in [2.24, 2.45) is 0 Å². The van der Waals surface area contributed by atoms with Crippen LogP contribution < -0.4 is 15.4 Å². The zero-order chi connectivity index (χ0) is 15.1. The van der Waals surface area contributed by atoms with Gasteiger partial charge in [-0.3, -0.25) is 4.79 Å². The van der Waals surface area contributed by atoms with E-state index >= 15 is 0 Å². The van der Waals surface area contributed by atoms with Crippen molar-refractivity contribution in [3.63, 3.8) is 0 Å². The summed E-state index contributed by atoms with van der Waals surface area (Å²) in [5.41, 5.74) is 0.735. The maximum atomic E-state index is 10.9. The second-order valence-electron chi connectivity index (χ2n) is 5.56. The average molecular weight is 329 g/mol. The van der Waals surface area contributed by atoms with Crippen molar-refractivity contribution in [3.8, 4) is 5.75 Å². The molecule has 0 aromatic heterocycles. The van der Waals surface area contributed by atoms with Crippen LogP contribution in [0.15, 0.2) is 24.3 Å². The van der Waals surface area contributed by atoms with Crippen LogP contribution in [0.1, 0.15) is 32.6 Å². The van der Waals surface area contributed by atoms with Crippen LogP contribution in [-0.4, -0.2) is 36.3 Å². The van der Waals surface area contributed by atoms with E-state index in [2.05, 4.69) is 10.6 Å². The summed E-state index contributed by atoms with van der Waals surface area (Å²) in [7, 11) is 0. The Labute approximate surface area is 137 Å². The number of anilines is 1. The fourth-order valence-corrected chi connectivity index (χ4v) is 2.52. The van der Waals surface area contributed by atoms with Crippen LogP contribution in [0.2, 0.25) is 0 Å². The molecule has 0 heterocycles. The number of amides is 1. The van der Waals surface area contributed by atoms with Crippen molar-refractivity contribution >= 4 is 24.0 Å². The second kappa shape index (κ2) is 9.66. The normalized spacial score (nSPS) is 15.9. The molecule has 5 nitrogen and oxygen atoms in total. The molecule has 0 saturated heterocycles. The molecule has 1 aliphatic carbocycles. The third kappa shape index (κ3) is 6.64. The van der Waals surface area contributed by atoms with E-state index in [4.69, 9.17) is 4.74 Å². The molecule has 1 atom stereocenters. The Hall–Kier alpha value is -1.30. The van der Waals surface area contributed by atoms with E-state index in [0.29, 0.717) is 18.3 Å². The van der Waals surface area contributed by atoms with Gasteiger partial charge in [0.1, 0.15) is 18.5 Å². The van der Waals surface area contributed by atoms with Crippen LogP contribution in [0, 0.1) is 0 Å². The summed E-state index contributed by atoms with van der Waals surface area (Å²) in [5, 5.41) is 16.0. The van der Waals surface area contributed by atoms with Crippen molar-refractivity contribution in [2.45, 2.75) is 44.8 Å². The zero-order valence-electron chi connectivity index (χ0n) is 12.9. The molecule has 1 fully saturated rings. The van der Waals surface area contributed by atoms with Gasteiger partial charge in [-0.1, -0.05) is 12.8 Å². The second-order valence-corrected chi connectivity index (χ2v) is 5.56. The Morgan fingerprint density at radius 2 is 1.95 bits per heavy atom. The fraction of sp³-hybridized carbons (Fsp3) is 0.562. The number of carbonyl (C=O) groups excluding carboxylic acids is 1. The van der Waals surface area contributed by atoms with E-state index < -0.39 is 6.10 Å². The van der Waals surface area contributed by atoms with Gasteiger partial charge in [0.05, 0.1) is 0 Å². The maximum Gasteiger partial charge on any atom is 0.221 e. The van der Waals surface area contributed by atoms with E-state index in [9.17, 15) is 9.90 Å². The number of ether oxygens (including phenoxy) is 1. The Balaban J connectivity index is 0.00000242. The summed E-state index contributed by atoms with van der Waals surface area (Å²) in [4.78, 5) is 10.9. The largest absolute Gasteiger partial charge is 0.491 e. The average Bonchev–Trinajstić information content (AvgIpc) is 2.97. The van der Waals surface area contributed by atoms with Gasteiger partial charge in [0, 0.05) is 25.2 Å². The highest BCUT2D eigenvalue weighted by Gasteiger charge is 2.15. The van der Waals surface area contributed by atoms with Crippen LogP contribution in [0.25, 0.3) is 0 Å². The number of nitrogens with one attached hydrogen (secondary N) is 2. The molecule has 0 radical (unpaired) electrons. The Kier molecular flexibility index (Phi) is 8.24. The molecule has 1 saturated carbocycles. The lowest BCUT2D eigenvalue weighted by Gasteiger charge is -2.16. The van der Waals surface area contributed by atoms with Crippen molar-refractivity contribution in [2.75, 3.05) is 18.5 Å². The van der Waals surface area contributed by atoms with E-state index in [1.54, 1.807) is 24.3 Å². The lowest BCUT2D eigenvalue weighted by Crippen LogP contribution is -2.36.